The van der Waals surface area contributed by atoms with Crippen molar-refractivity contribution in [3.63, 3.8) is 0 Å². The number of aromatic nitrogens is 1. The first-order valence-corrected chi connectivity index (χ1v) is 20.0. The van der Waals surface area contributed by atoms with E-state index in [2.05, 4.69) is 205 Å². The standard InChI is InChI=1S/C53H34N2OS/c1-4-12-35(13-5-1)37-22-24-42(25-23-37)55(43-26-28-45(46(33-43)38-15-6-2-7-16-38)41-21-20-36-14-10-11-19-40(36)32-41)44-27-30-49-47(34-44)51-50(56-49)31-29-48-52(51)57-53(54-48)39-17-8-3-9-18-39/h1-34H. The van der Waals surface area contributed by atoms with Crippen LogP contribution in [0.3, 0.4) is 0 Å². The van der Waals surface area contributed by atoms with Crippen molar-refractivity contribution >= 4 is 71.3 Å². The van der Waals surface area contributed by atoms with Gasteiger partial charge in [0, 0.05) is 33.4 Å². The van der Waals surface area contributed by atoms with E-state index in [-0.39, 0.29) is 0 Å². The number of rotatable bonds is 7. The summed E-state index contributed by atoms with van der Waals surface area (Å²) in [6.07, 6.45) is 0. The Labute approximate surface area is 334 Å². The molecule has 0 bridgehead atoms. The summed E-state index contributed by atoms with van der Waals surface area (Å²) in [7, 11) is 0. The van der Waals surface area contributed by atoms with E-state index < -0.39 is 0 Å². The monoisotopic (exact) mass is 746 g/mol. The molecule has 2 aromatic heterocycles. The van der Waals surface area contributed by atoms with Crippen LogP contribution in [0.15, 0.2) is 211 Å². The SMILES string of the molecule is c1ccc(-c2ccc(N(c3ccc(-c4ccc5ccccc5c4)c(-c4ccccc4)c3)c3ccc4oc5ccc6nc(-c7ccccc7)sc6c5c4c3)cc2)cc1. The molecule has 0 saturated carbocycles. The molecule has 0 aliphatic carbocycles. The van der Waals surface area contributed by atoms with Crippen LogP contribution in [0.5, 0.6) is 0 Å². The quantitative estimate of drug-likeness (QED) is 0.163. The molecule has 4 heteroatoms. The van der Waals surface area contributed by atoms with Crippen molar-refractivity contribution in [2.24, 2.45) is 0 Å². The highest BCUT2D eigenvalue weighted by molar-refractivity contribution is 7.22. The van der Waals surface area contributed by atoms with Crippen molar-refractivity contribution < 1.29 is 4.42 Å². The van der Waals surface area contributed by atoms with E-state index in [0.717, 1.165) is 59.8 Å². The maximum atomic E-state index is 6.52. The molecule has 2 heterocycles. The van der Waals surface area contributed by atoms with Crippen molar-refractivity contribution in [3.05, 3.63) is 206 Å². The van der Waals surface area contributed by atoms with Crippen molar-refractivity contribution in [2.75, 3.05) is 4.90 Å². The molecule has 0 saturated heterocycles. The van der Waals surface area contributed by atoms with Crippen LogP contribution in [0, 0.1) is 0 Å². The van der Waals surface area contributed by atoms with Crippen LogP contribution >= 0.6 is 11.3 Å². The fraction of sp³-hybridized carbons (Fsp3) is 0. The fourth-order valence-corrected chi connectivity index (χ4v) is 9.22. The lowest BCUT2D eigenvalue weighted by atomic mass is 9.92. The Balaban J connectivity index is 1.11. The summed E-state index contributed by atoms with van der Waals surface area (Å²) in [6.45, 7) is 0. The summed E-state index contributed by atoms with van der Waals surface area (Å²) in [5, 5.41) is 5.63. The maximum Gasteiger partial charge on any atom is 0.137 e. The summed E-state index contributed by atoms with van der Waals surface area (Å²) >= 11 is 1.72. The predicted octanol–water partition coefficient (Wildman–Crippen LogP) is 15.5. The highest BCUT2D eigenvalue weighted by Crippen LogP contribution is 2.45. The first-order valence-electron chi connectivity index (χ1n) is 19.2. The van der Waals surface area contributed by atoms with E-state index in [1.54, 1.807) is 11.3 Å². The smallest absolute Gasteiger partial charge is 0.137 e. The Morgan fingerprint density at radius 2 is 1.00 bits per heavy atom. The number of hydrogen-bond donors (Lipinski definition) is 0. The zero-order valence-electron chi connectivity index (χ0n) is 30.8. The number of fused-ring (bicyclic) bond motifs is 6. The van der Waals surface area contributed by atoms with Crippen LogP contribution in [0.4, 0.5) is 17.1 Å². The predicted molar refractivity (Wildman–Crippen MR) is 241 cm³/mol. The van der Waals surface area contributed by atoms with Gasteiger partial charge in [0.1, 0.15) is 16.2 Å². The summed E-state index contributed by atoms with van der Waals surface area (Å²) in [6, 6.07) is 73.5. The van der Waals surface area contributed by atoms with E-state index in [9.17, 15) is 0 Å². The number of benzene rings is 9. The zero-order chi connectivity index (χ0) is 37.7. The second-order valence-electron chi connectivity index (χ2n) is 14.4. The molecule has 11 rings (SSSR count). The lowest BCUT2D eigenvalue weighted by molar-refractivity contribution is 0.669. The van der Waals surface area contributed by atoms with Gasteiger partial charge in [0.2, 0.25) is 0 Å². The molecule has 0 fully saturated rings. The Bertz CT molecular complexity index is 3220. The Morgan fingerprint density at radius 1 is 0.404 bits per heavy atom. The molecule has 57 heavy (non-hydrogen) atoms. The molecule has 0 radical (unpaired) electrons. The van der Waals surface area contributed by atoms with Gasteiger partial charge < -0.3 is 9.32 Å². The minimum Gasteiger partial charge on any atom is -0.456 e. The minimum atomic E-state index is 0.854. The molecule has 0 aliphatic rings. The normalized spacial score (nSPS) is 11.5. The minimum absolute atomic E-state index is 0.854. The van der Waals surface area contributed by atoms with Crippen LogP contribution < -0.4 is 4.90 Å². The lowest BCUT2D eigenvalue weighted by Crippen LogP contribution is -2.10. The third-order valence-corrected chi connectivity index (χ3v) is 12.0. The zero-order valence-corrected chi connectivity index (χ0v) is 31.7. The van der Waals surface area contributed by atoms with Gasteiger partial charge in [-0.2, -0.15) is 0 Å². The van der Waals surface area contributed by atoms with Crippen molar-refractivity contribution in [1.82, 2.24) is 4.98 Å². The molecular weight excluding hydrogens is 713 g/mol. The number of thiazole rings is 1. The van der Waals surface area contributed by atoms with E-state index in [1.807, 2.05) is 6.07 Å². The first-order chi connectivity index (χ1) is 28.2. The van der Waals surface area contributed by atoms with Gasteiger partial charge in [-0.3, -0.25) is 0 Å². The average molecular weight is 747 g/mol. The van der Waals surface area contributed by atoms with Crippen LogP contribution in [-0.2, 0) is 0 Å². The number of nitrogens with zero attached hydrogens (tertiary/aromatic N) is 2. The van der Waals surface area contributed by atoms with E-state index >= 15 is 0 Å². The van der Waals surface area contributed by atoms with Gasteiger partial charge in [-0.05, 0) is 105 Å². The number of furan rings is 1. The molecule has 0 N–H and O–H groups in total. The summed E-state index contributed by atoms with van der Waals surface area (Å²) < 4.78 is 7.65. The molecule has 0 unspecified atom stereocenters. The second-order valence-corrected chi connectivity index (χ2v) is 15.4. The summed E-state index contributed by atoms with van der Waals surface area (Å²) in [5.41, 5.74) is 14.1. The van der Waals surface area contributed by atoms with Gasteiger partial charge >= 0.3 is 0 Å². The topological polar surface area (TPSA) is 29.3 Å². The van der Waals surface area contributed by atoms with Crippen LogP contribution in [0.2, 0.25) is 0 Å². The molecule has 0 amide bonds. The molecule has 0 atom stereocenters. The van der Waals surface area contributed by atoms with E-state index in [4.69, 9.17) is 9.40 Å². The highest BCUT2D eigenvalue weighted by atomic mass is 32.1. The molecule has 268 valence electrons. The maximum absolute atomic E-state index is 6.52. The third-order valence-electron chi connectivity index (χ3n) is 10.9. The van der Waals surface area contributed by atoms with E-state index in [0.29, 0.717) is 0 Å². The van der Waals surface area contributed by atoms with Gasteiger partial charge in [-0.1, -0.05) is 146 Å². The number of hydrogen-bond acceptors (Lipinski definition) is 4. The van der Waals surface area contributed by atoms with Gasteiger partial charge in [-0.15, -0.1) is 11.3 Å². The molecule has 0 spiro atoms. The molecule has 0 aliphatic heterocycles. The van der Waals surface area contributed by atoms with E-state index in [1.165, 1.54) is 44.2 Å². The number of anilines is 3. The van der Waals surface area contributed by atoms with Gasteiger partial charge in [0.05, 0.1) is 10.2 Å². The van der Waals surface area contributed by atoms with Crippen LogP contribution in [0.25, 0.3) is 86.9 Å². The average Bonchev–Trinajstić information content (AvgIpc) is 3.89. The molecule has 3 nitrogen and oxygen atoms in total. The summed E-state index contributed by atoms with van der Waals surface area (Å²) in [4.78, 5) is 7.43. The first kappa shape index (κ1) is 33.1. The Morgan fingerprint density at radius 3 is 1.77 bits per heavy atom. The van der Waals surface area contributed by atoms with Crippen LogP contribution in [-0.4, -0.2) is 4.98 Å². The van der Waals surface area contributed by atoms with Gasteiger partial charge in [0.15, 0.2) is 0 Å². The third kappa shape index (κ3) is 5.95. The van der Waals surface area contributed by atoms with Crippen molar-refractivity contribution in [3.8, 4) is 44.0 Å². The van der Waals surface area contributed by atoms with Gasteiger partial charge in [0.25, 0.3) is 0 Å². The largest absolute Gasteiger partial charge is 0.456 e. The van der Waals surface area contributed by atoms with Gasteiger partial charge in [-0.25, -0.2) is 4.98 Å². The summed E-state index contributed by atoms with van der Waals surface area (Å²) in [5.74, 6) is 0. The molecule has 9 aromatic carbocycles. The fourth-order valence-electron chi connectivity index (χ4n) is 8.10. The Hall–Kier alpha value is -7.27. The Kier molecular flexibility index (Phi) is 8.01. The second kappa shape index (κ2) is 13.8. The van der Waals surface area contributed by atoms with Crippen molar-refractivity contribution in [2.45, 2.75) is 0 Å². The molecule has 11 aromatic rings. The highest BCUT2D eigenvalue weighted by Gasteiger charge is 2.20. The van der Waals surface area contributed by atoms with Crippen molar-refractivity contribution in [1.29, 1.82) is 0 Å². The van der Waals surface area contributed by atoms with Crippen LogP contribution in [0.1, 0.15) is 0 Å². The molecular formula is C53H34N2OS. The lowest BCUT2D eigenvalue weighted by Gasteiger charge is -2.27.